The lowest BCUT2D eigenvalue weighted by Gasteiger charge is -2.23. The summed E-state index contributed by atoms with van der Waals surface area (Å²) < 4.78 is 44.4. The first kappa shape index (κ1) is 18.0. The van der Waals surface area contributed by atoms with Crippen molar-refractivity contribution in [2.45, 2.75) is 27.7 Å². The van der Waals surface area contributed by atoms with Gasteiger partial charge in [-0.15, -0.1) is 0 Å². The second-order valence-electron chi connectivity index (χ2n) is 2.99. The van der Waals surface area contributed by atoms with Crippen LogP contribution in [0.25, 0.3) is 0 Å². The van der Waals surface area contributed by atoms with E-state index >= 15 is 0 Å². The maximum Gasteiger partial charge on any atom is 0.387 e. The van der Waals surface area contributed by atoms with Crippen molar-refractivity contribution in [3.8, 4) is 0 Å². The fourth-order valence-corrected chi connectivity index (χ4v) is 5.04. The highest BCUT2D eigenvalue weighted by Crippen LogP contribution is 2.65. The third-order valence-corrected chi connectivity index (χ3v) is 6.61. The Bertz CT molecular complexity index is 307. The molecule has 0 aliphatic carbocycles. The SMILES string of the molecule is CCOP(=O)(OCC)C(=N)P(=O)(OCC)OCC. The van der Waals surface area contributed by atoms with Crippen LogP contribution < -0.4 is 0 Å². The first-order valence-electron chi connectivity index (χ1n) is 5.78. The van der Waals surface area contributed by atoms with Gasteiger partial charge in [-0.2, -0.15) is 0 Å². The van der Waals surface area contributed by atoms with Crippen LogP contribution in [0.15, 0.2) is 0 Å². The molecule has 0 aliphatic heterocycles. The monoisotopic (exact) mass is 301 g/mol. The number of hydrogen-bond donors (Lipinski definition) is 1. The van der Waals surface area contributed by atoms with Crippen LogP contribution in [0.1, 0.15) is 27.7 Å². The molecule has 108 valence electrons. The summed E-state index contributed by atoms with van der Waals surface area (Å²) >= 11 is 0. The molecule has 9 heteroatoms. The van der Waals surface area contributed by atoms with Crippen molar-refractivity contribution < 1.29 is 27.2 Å². The Labute approximate surface area is 108 Å². The molecule has 0 atom stereocenters. The zero-order chi connectivity index (χ0) is 14.2. The van der Waals surface area contributed by atoms with Crippen LogP contribution in [0, 0.1) is 5.41 Å². The van der Waals surface area contributed by atoms with Crippen LogP contribution in [0.3, 0.4) is 0 Å². The van der Waals surface area contributed by atoms with E-state index in [0.29, 0.717) is 0 Å². The molecular weight excluding hydrogens is 280 g/mol. The van der Waals surface area contributed by atoms with Gasteiger partial charge >= 0.3 is 15.2 Å². The minimum atomic E-state index is -3.92. The average Bonchev–Trinajstić information content (AvgIpc) is 2.29. The molecule has 0 spiro atoms. The van der Waals surface area contributed by atoms with Crippen molar-refractivity contribution in [2.24, 2.45) is 0 Å². The molecule has 0 aromatic rings. The summed E-state index contributed by atoms with van der Waals surface area (Å²) in [6, 6.07) is 0. The van der Waals surface area contributed by atoms with Crippen molar-refractivity contribution in [2.75, 3.05) is 26.4 Å². The lowest BCUT2D eigenvalue weighted by Crippen LogP contribution is -2.11. The van der Waals surface area contributed by atoms with E-state index in [0.717, 1.165) is 0 Å². The Balaban J connectivity index is 5.25. The largest absolute Gasteiger partial charge is 0.387 e. The van der Waals surface area contributed by atoms with Gasteiger partial charge in [0.1, 0.15) is 0 Å². The zero-order valence-electron chi connectivity index (χ0n) is 11.2. The predicted molar refractivity (Wildman–Crippen MR) is 69.4 cm³/mol. The van der Waals surface area contributed by atoms with Crippen LogP contribution in [0.2, 0.25) is 0 Å². The van der Waals surface area contributed by atoms with Crippen molar-refractivity contribution in [3.63, 3.8) is 0 Å². The molecule has 0 saturated heterocycles. The number of rotatable bonds is 10. The highest BCUT2D eigenvalue weighted by atomic mass is 31.2. The van der Waals surface area contributed by atoms with Gasteiger partial charge in [-0.1, -0.05) is 0 Å². The number of nitrogens with one attached hydrogen (secondary N) is 1. The molecule has 0 aromatic heterocycles. The summed E-state index contributed by atoms with van der Waals surface area (Å²) in [5.41, 5.74) is 0. The molecule has 0 fully saturated rings. The summed E-state index contributed by atoms with van der Waals surface area (Å²) in [5, 5.41) is 7.04. The van der Waals surface area contributed by atoms with E-state index in [1.807, 2.05) is 0 Å². The van der Waals surface area contributed by atoms with Crippen LogP contribution in [0.5, 0.6) is 0 Å². The highest BCUT2D eigenvalue weighted by Gasteiger charge is 2.45. The van der Waals surface area contributed by atoms with Crippen LogP contribution in [-0.2, 0) is 27.2 Å². The third kappa shape index (κ3) is 4.57. The molecule has 0 rings (SSSR count). The summed E-state index contributed by atoms with van der Waals surface area (Å²) in [5.74, 6) is 0. The van der Waals surface area contributed by atoms with Gasteiger partial charge in [-0.3, -0.25) is 14.5 Å². The normalized spacial score (nSPS) is 12.7. The molecule has 0 aliphatic rings. The van der Waals surface area contributed by atoms with Crippen molar-refractivity contribution in [1.82, 2.24) is 0 Å². The molecular formula is C9H21NO6P2. The zero-order valence-corrected chi connectivity index (χ0v) is 13.0. The average molecular weight is 301 g/mol. The van der Waals surface area contributed by atoms with Crippen molar-refractivity contribution in [3.05, 3.63) is 0 Å². The van der Waals surface area contributed by atoms with Crippen molar-refractivity contribution in [1.29, 1.82) is 5.41 Å². The van der Waals surface area contributed by atoms with E-state index in [1.54, 1.807) is 27.7 Å². The van der Waals surface area contributed by atoms with Gasteiger partial charge in [0, 0.05) is 0 Å². The van der Waals surface area contributed by atoms with E-state index in [1.165, 1.54) is 0 Å². The van der Waals surface area contributed by atoms with Crippen LogP contribution in [-0.4, -0.2) is 31.6 Å². The quantitative estimate of drug-likeness (QED) is 0.490. The van der Waals surface area contributed by atoms with Crippen molar-refractivity contribution >= 4 is 20.4 Å². The van der Waals surface area contributed by atoms with Gasteiger partial charge in [0.2, 0.25) is 5.19 Å². The van der Waals surface area contributed by atoms with Gasteiger partial charge in [0.15, 0.2) is 0 Å². The topological polar surface area (TPSA) is 94.9 Å². The lowest BCUT2D eigenvalue weighted by molar-refractivity contribution is 0.223. The molecule has 0 heterocycles. The van der Waals surface area contributed by atoms with E-state index < -0.39 is 20.4 Å². The summed E-state index contributed by atoms with van der Waals surface area (Å²) in [6.07, 6.45) is 0. The van der Waals surface area contributed by atoms with E-state index in [2.05, 4.69) is 0 Å². The minimum absolute atomic E-state index is 0.0674. The Kier molecular flexibility index (Phi) is 8.19. The molecule has 1 N–H and O–H groups in total. The third-order valence-electron chi connectivity index (χ3n) is 1.72. The van der Waals surface area contributed by atoms with E-state index in [-0.39, 0.29) is 26.4 Å². The van der Waals surface area contributed by atoms with Crippen LogP contribution in [0.4, 0.5) is 0 Å². The maximum atomic E-state index is 12.3. The summed E-state index contributed by atoms with van der Waals surface area (Å²) in [4.78, 5) is 0. The summed E-state index contributed by atoms with van der Waals surface area (Å²) in [6.45, 7) is 6.68. The lowest BCUT2D eigenvalue weighted by atomic mass is 10.9. The molecule has 7 nitrogen and oxygen atoms in total. The minimum Gasteiger partial charge on any atom is -0.304 e. The van der Waals surface area contributed by atoms with E-state index in [4.69, 9.17) is 23.5 Å². The fourth-order valence-electron chi connectivity index (χ4n) is 1.15. The fraction of sp³-hybridized carbons (Fsp3) is 0.889. The first-order valence-corrected chi connectivity index (χ1v) is 8.86. The van der Waals surface area contributed by atoms with Gasteiger partial charge in [-0.05, 0) is 27.7 Å². The van der Waals surface area contributed by atoms with Gasteiger partial charge in [0.05, 0.1) is 26.4 Å². The van der Waals surface area contributed by atoms with Crippen LogP contribution >= 0.6 is 15.2 Å². The van der Waals surface area contributed by atoms with E-state index in [9.17, 15) is 9.13 Å². The Morgan fingerprint density at radius 3 is 1.17 bits per heavy atom. The van der Waals surface area contributed by atoms with Gasteiger partial charge in [0.25, 0.3) is 0 Å². The first-order chi connectivity index (χ1) is 8.40. The molecule has 0 aromatic carbocycles. The maximum absolute atomic E-state index is 12.3. The molecule has 0 saturated carbocycles. The second kappa shape index (κ2) is 8.20. The molecule has 0 amide bonds. The second-order valence-corrected chi connectivity index (χ2v) is 7.26. The molecule has 0 radical (unpaired) electrons. The molecule has 0 unspecified atom stereocenters. The summed E-state index contributed by atoms with van der Waals surface area (Å²) in [7, 11) is -7.84. The number of hydrogen-bond acceptors (Lipinski definition) is 7. The van der Waals surface area contributed by atoms with Gasteiger partial charge in [-0.25, -0.2) is 0 Å². The Morgan fingerprint density at radius 1 is 0.778 bits per heavy atom. The predicted octanol–water partition coefficient (Wildman–Crippen LogP) is 3.45. The smallest absolute Gasteiger partial charge is 0.304 e. The van der Waals surface area contributed by atoms with Gasteiger partial charge < -0.3 is 18.1 Å². The Hall–Kier alpha value is -0.0300. The molecule has 0 bridgehead atoms. The highest BCUT2D eigenvalue weighted by molar-refractivity contribution is 7.98. The Morgan fingerprint density at radius 2 is 1.00 bits per heavy atom. The standard InChI is InChI=1S/C9H21NO6P2/c1-5-13-17(11,14-6-2)9(10)18(12,15-7-3)16-8-4/h10H,5-8H2,1-4H3. The molecule has 18 heavy (non-hydrogen) atoms.